The number of aliphatic hydroxyl groups is 1. The molecule has 0 radical (unpaired) electrons. The fourth-order valence-corrected chi connectivity index (χ4v) is 4.99. The number of thiazole rings is 1. The number of aliphatic hydroxyl groups excluding tert-OH is 1. The zero-order valence-corrected chi connectivity index (χ0v) is 12.9. The molecule has 0 spiro atoms. The van der Waals surface area contributed by atoms with Crippen LogP contribution in [0.15, 0.2) is 4.21 Å². The summed E-state index contributed by atoms with van der Waals surface area (Å²) in [5.74, 6) is -0.209. The van der Waals surface area contributed by atoms with Crippen molar-refractivity contribution in [3.05, 3.63) is 5.69 Å². The van der Waals surface area contributed by atoms with Crippen LogP contribution in [0, 0.1) is 6.92 Å². The average molecular weight is 319 g/mol. The fourth-order valence-electron chi connectivity index (χ4n) is 1.93. The van der Waals surface area contributed by atoms with Crippen molar-refractivity contribution in [2.75, 3.05) is 18.4 Å². The van der Waals surface area contributed by atoms with E-state index in [1.165, 1.54) is 4.31 Å². The van der Waals surface area contributed by atoms with Crippen LogP contribution in [0.1, 0.15) is 25.5 Å². The summed E-state index contributed by atoms with van der Waals surface area (Å²) in [5, 5.41) is 12.3. The van der Waals surface area contributed by atoms with Crippen LogP contribution in [0.2, 0.25) is 0 Å². The Hall–Kier alpha value is -1.03. The van der Waals surface area contributed by atoms with Crippen molar-refractivity contribution in [3.63, 3.8) is 0 Å². The predicted octanol–water partition coefficient (Wildman–Crippen LogP) is 0.555. The van der Waals surface area contributed by atoms with E-state index in [2.05, 4.69) is 10.3 Å². The summed E-state index contributed by atoms with van der Waals surface area (Å²) in [6, 6.07) is 0. The van der Waals surface area contributed by atoms with E-state index >= 15 is 0 Å². The minimum Gasteiger partial charge on any atom is -0.392 e. The van der Waals surface area contributed by atoms with Gasteiger partial charge in [-0.05, 0) is 13.3 Å². The molecule has 7 nitrogen and oxygen atoms in total. The highest BCUT2D eigenvalue weighted by Gasteiger charge is 2.34. The molecule has 9 heteroatoms. The molecule has 1 saturated heterocycles. The Balaban J connectivity index is 2.26. The molecule has 1 aliphatic rings. The molecule has 2 rings (SSSR count). The van der Waals surface area contributed by atoms with Gasteiger partial charge in [0.15, 0.2) is 9.34 Å². The highest BCUT2D eigenvalue weighted by atomic mass is 32.2. The van der Waals surface area contributed by atoms with E-state index in [0.717, 1.165) is 11.3 Å². The minimum atomic E-state index is -3.65. The Labute approximate surface area is 121 Å². The van der Waals surface area contributed by atoms with E-state index in [9.17, 15) is 18.3 Å². The highest BCUT2D eigenvalue weighted by molar-refractivity contribution is 7.91. The van der Waals surface area contributed by atoms with Gasteiger partial charge in [-0.1, -0.05) is 18.3 Å². The SMILES string of the molecule is CCC(=O)Nc1nc(C)c(S(=O)(=O)N2CC[C@H](O)C2)s1. The number of rotatable bonds is 4. The van der Waals surface area contributed by atoms with E-state index in [-0.39, 0.29) is 21.8 Å². The lowest BCUT2D eigenvalue weighted by molar-refractivity contribution is -0.115. The van der Waals surface area contributed by atoms with E-state index in [4.69, 9.17) is 0 Å². The third kappa shape index (κ3) is 3.00. The molecule has 1 aromatic rings. The van der Waals surface area contributed by atoms with Crippen molar-refractivity contribution in [1.29, 1.82) is 0 Å². The minimum absolute atomic E-state index is 0.107. The second-order valence-corrected chi connectivity index (χ2v) is 7.73. The molecule has 0 unspecified atom stereocenters. The van der Waals surface area contributed by atoms with Gasteiger partial charge in [0.1, 0.15) is 0 Å². The number of aromatic nitrogens is 1. The molecule has 112 valence electrons. The summed E-state index contributed by atoms with van der Waals surface area (Å²) in [7, 11) is -3.65. The molecule has 1 fully saturated rings. The molecule has 1 amide bonds. The van der Waals surface area contributed by atoms with Gasteiger partial charge >= 0.3 is 0 Å². The number of nitrogens with one attached hydrogen (secondary N) is 1. The van der Waals surface area contributed by atoms with E-state index in [1.807, 2.05) is 0 Å². The van der Waals surface area contributed by atoms with Gasteiger partial charge in [-0.25, -0.2) is 13.4 Å². The van der Waals surface area contributed by atoms with Gasteiger partial charge in [0, 0.05) is 19.5 Å². The molecule has 2 N–H and O–H groups in total. The second-order valence-electron chi connectivity index (χ2n) is 4.60. The van der Waals surface area contributed by atoms with Crippen LogP contribution in [-0.2, 0) is 14.8 Å². The molecule has 1 atom stereocenters. The summed E-state index contributed by atoms with van der Waals surface area (Å²) in [4.78, 5) is 15.4. The summed E-state index contributed by atoms with van der Waals surface area (Å²) < 4.78 is 26.3. The van der Waals surface area contributed by atoms with Gasteiger partial charge in [0.25, 0.3) is 10.0 Å². The first-order valence-corrected chi connectivity index (χ1v) is 8.55. The highest BCUT2D eigenvalue weighted by Crippen LogP contribution is 2.31. The first-order valence-electron chi connectivity index (χ1n) is 6.30. The fraction of sp³-hybridized carbons (Fsp3) is 0.636. The summed E-state index contributed by atoms with van der Waals surface area (Å²) in [6.07, 6.45) is 0.132. The van der Waals surface area contributed by atoms with Crippen LogP contribution >= 0.6 is 11.3 Å². The molecule has 1 aromatic heterocycles. The van der Waals surface area contributed by atoms with Gasteiger partial charge in [-0.15, -0.1) is 0 Å². The predicted molar refractivity (Wildman–Crippen MR) is 75.2 cm³/mol. The monoisotopic (exact) mass is 319 g/mol. The second kappa shape index (κ2) is 5.76. The smallest absolute Gasteiger partial charge is 0.254 e. The molecule has 2 heterocycles. The molecule has 20 heavy (non-hydrogen) atoms. The van der Waals surface area contributed by atoms with Crippen molar-refractivity contribution in [2.24, 2.45) is 0 Å². The number of sulfonamides is 1. The summed E-state index contributed by atoms with van der Waals surface area (Å²) in [6.45, 7) is 3.71. The lowest BCUT2D eigenvalue weighted by Crippen LogP contribution is -2.29. The number of aryl methyl sites for hydroxylation is 1. The van der Waals surface area contributed by atoms with Gasteiger partial charge < -0.3 is 10.4 Å². The lowest BCUT2D eigenvalue weighted by Gasteiger charge is -2.14. The number of carbonyl (C=O) groups is 1. The van der Waals surface area contributed by atoms with E-state index in [1.54, 1.807) is 13.8 Å². The number of hydrogen-bond donors (Lipinski definition) is 2. The van der Waals surface area contributed by atoms with Crippen molar-refractivity contribution >= 4 is 32.4 Å². The van der Waals surface area contributed by atoms with Crippen molar-refractivity contribution < 1.29 is 18.3 Å². The average Bonchev–Trinajstić information content (AvgIpc) is 2.96. The molecular formula is C11H17N3O4S2. The molecule has 0 saturated carbocycles. The van der Waals surface area contributed by atoms with Gasteiger partial charge in [0.05, 0.1) is 11.8 Å². The molecule has 0 aliphatic carbocycles. The first-order chi connectivity index (χ1) is 9.34. The van der Waals surface area contributed by atoms with Gasteiger partial charge in [-0.3, -0.25) is 4.79 Å². The van der Waals surface area contributed by atoms with Crippen LogP contribution in [-0.4, -0.2) is 47.9 Å². The standard InChI is InChI=1S/C11H17N3O4S2/c1-3-9(16)13-11-12-7(2)10(19-11)20(17,18)14-5-4-8(15)6-14/h8,15H,3-6H2,1-2H3,(H,12,13,16)/t8-/m0/s1. The normalized spacial score (nSPS) is 20.2. The molecular weight excluding hydrogens is 302 g/mol. The Bertz CT molecular complexity index is 611. The zero-order chi connectivity index (χ0) is 14.9. The Kier molecular flexibility index (Phi) is 4.43. The van der Waals surface area contributed by atoms with Crippen molar-refractivity contribution in [1.82, 2.24) is 9.29 Å². The zero-order valence-electron chi connectivity index (χ0n) is 11.3. The number of amides is 1. The van der Waals surface area contributed by atoms with Crippen LogP contribution in [0.4, 0.5) is 5.13 Å². The number of anilines is 1. The number of nitrogens with zero attached hydrogens (tertiary/aromatic N) is 2. The number of β-amino-alcohol motifs (C(OH)–C–C–N with tert-alkyl or cyclic N) is 1. The number of carbonyl (C=O) groups excluding carboxylic acids is 1. The van der Waals surface area contributed by atoms with Crippen LogP contribution in [0.3, 0.4) is 0 Å². The van der Waals surface area contributed by atoms with Gasteiger partial charge in [-0.2, -0.15) is 4.31 Å². The van der Waals surface area contributed by atoms with Crippen molar-refractivity contribution in [3.8, 4) is 0 Å². The summed E-state index contributed by atoms with van der Waals surface area (Å²) >= 11 is 0.944. The van der Waals surface area contributed by atoms with Crippen LogP contribution in [0.5, 0.6) is 0 Å². The topological polar surface area (TPSA) is 99.6 Å². The molecule has 0 aromatic carbocycles. The first kappa shape index (κ1) is 15.4. The lowest BCUT2D eigenvalue weighted by atomic mass is 10.3. The number of hydrogen-bond acceptors (Lipinski definition) is 6. The van der Waals surface area contributed by atoms with Crippen LogP contribution in [0.25, 0.3) is 0 Å². The third-order valence-corrected chi connectivity index (χ3v) is 6.55. The van der Waals surface area contributed by atoms with E-state index < -0.39 is 16.1 Å². The Morgan fingerprint density at radius 1 is 1.60 bits per heavy atom. The third-order valence-electron chi connectivity index (χ3n) is 3.02. The Morgan fingerprint density at radius 2 is 2.30 bits per heavy atom. The largest absolute Gasteiger partial charge is 0.392 e. The summed E-state index contributed by atoms with van der Waals surface area (Å²) in [5.41, 5.74) is 0.364. The quantitative estimate of drug-likeness (QED) is 0.844. The van der Waals surface area contributed by atoms with Gasteiger partial charge in [0.2, 0.25) is 5.91 Å². The maximum absolute atomic E-state index is 12.4. The Morgan fingerprint density at radius 3 is 2.85 bits per heavy atom. The van der Waals surface area contributed by atoms with Crippen molar-refractivity contribution in [2.45, 2.75) is 37.0 Å². The molecule has 0 bridgehead atoms. The maximum atomic E-state index is 12.4. The molecule has 1 aliphatic heterocycles. The maximum Gasteiger partial charge on any atom is 0.254 e. The van der Waals surface area contributed by atoms with E-state index in [0.29, 0.717) is 25.1 Å². The van der Waals surface area contributed by atoms with Crippen LogP contribution < -0.4 is 5.32 Å².